The Labute approximate surface area is 143 Å². The number of nitrogens with one attached hydrogen (secondary N) is 1. The second-order valence-electron chi connectivity index (χ2n) is 5.62. The van der Waals surface area contributed by atoms with E-state index in [0.717, 1.165) is 18.5 Å². The number of hydrogen-bond donors (Lipinski definition) is 1. The molecule has 0 spiro atoms. The summed E-state index contributed by atoms with van der Waals surface area (Å²) < 4.78 is 0. The van der Waals surface area contributed by atoms with Gasteiger partial charge in [-0.1, -0.05) is 38.5 Å². The minimum absolute atomic E-state index is 0.0250. The largest absolute Gasteiger partial charge is 0.326 e. The van der Waals surface area contributed by atoms with Crippen LogP contribution in [0.5, 0.6) is 0 Å². The maximum atomic E-state index is 12.9. The Kier molecular flexibility index (Phi) is 6.55. The average Bonchev–Trinajstić information content (AvgIpc) is 2.63. The van der Waals surface area contributed by atoms with Crippen molar-refractivity contribution in [1.29, 1.82) is 0 Å². The summed E-state index contributed by atoms with van der Waals surface area (Å²) in [7, 11) is 0. The second kappa shape index (κ2) is 8.87. The zero-order chi connectivity index (χ0) is 17.4. The van der Waals surface area contributed by atoms with E-state index in [-0.39, 0.29) is 11.8 Å². The monoisotopic (exact) mass is 324 g/mol. The Hall–Kier alpha value is -2.62. The van der Waals surface area contributed by atoms with Crippen LogP contribution in [0.3, 0.4) is 0 Å². The van der Waals surface area contributed by atoms with E-state index in [4.69, 9.17) is 0 Å². The highest BCUT2D eigenvalue weighted by Gasteiger charge is 2.17. The molecule has 2 rings (SSSR count). The van der Waals surface area contributed by atoms with Crippen LogP contribution >= 0.6 is 0 Å². The third-order valence-corrected chi connectivity index (χ3v) is 3.79. The predicted molar refractivity (Wildman–Crippen MR) is 98.4 cm³/mol. The Morgan fingerprint density at radius 3 is 2.21 bits per heavy atom. The van der Waals surface area contributed by atoms with Crippen molar-refractivity contribution >= 4 is 23.2 Å². The second-order valence-corrected chi connectivity index (χ2v) is 5.62. The third-order valence-electron chi connectivity index (χ3n) is 3.79. The van der Waals surface area contributed by atoms with Gasteiger partial charge in [-0.15, -0.1) is 0 Å². The van der Waals surface area contributed by atoms with E-state index in [1.807, 2.05) is 35.2 Å². The summed E-state index contributed by atoms with van der Waals surface area (Å²) in [6, 6.07) is 16.8. The molecule has 2 aromatic rings. The van der Waals surface area contributed by atoms with E-state index in [1.165, 1.54) is 0 Å². The maximum absolute atomic E-state index is 12.9. The van der Waals surface area contributed by atoms with Gasteiger partial charge < -0.3 is 10.2 Å². The number of carbonyl (C=O) groups excluding carboxylic acids is 2. The zero-order valence-corrected chi connectivity index (χ0v) is 14.3. The number of benzene rings is 2. The van der Waals surface area contributed by atoms with Crippen molar-refractivity contribution in [2.45, 2.75) is 33.1 Å². The number of nitrogens with zero attached hydrogens (tertiary/aromatic N) is 1. The summed E-state index contributed by atoms with van der Waals surface area (Å²) in [5, 5.41) is 2.79. The van der Waals surface area contributed by atoms with Crippen LogP contribution in [0.15, 0.2) is 54.6 Å². The van der Waals surface area contributed by atoms with Crippen molar-refractivity contribution in [2.75, 3.05) is 16.8 Å². The first kappa shape index (κ1) is 17.7. The lowest BCUT2D eigenvalue weighted by molar-refractivity contribution is -0.115. The van der Waals surface area contributed by atoms with Crippen LogP contribution in [0, 0.1) is 0 Å². The highest BCUT2D eigenvalue weighted by atomic mass is 16.2. The molecule has 0 atom stereocenters. The molecule has 0 unspecified atom stereocenters. The van der Waals surface area contributed by atoms with E-state index in [2.05, 4.69) is 12.2 Å². The third kappa shape index (κ3) is 4.69. The van der Waals surface area contributed by atoms with E-state index >= 15 is 0 Å². The Balaban J connectivity index is 2.18. The molecule has 0 radical (unpaired) electrons. The molecule has 0 aromatic heterocycles. The molecule has 126 valence electrons. The van der Waals surface area contributed by atoms with Gasteiger partial charge in [0, 0.05) is 29.9 Å². The molecule has 0 heterocycles. The molecule has 0 aliphatic rings. The molecule has 0 saturated heterocycles. The lowest BCUT2D eigenvalue weighted by Gasteiger charge is -2.23. The number of anilines is 2. The molecule has 0 aliphatic carbocycles. The summed E-state index contributed by atoms with van der Waals surface area (Å²) in [5.41, 5.74) is 2.22. The number of para-hydroxylation sites is 1. The van der Waals surface area contributed by atoms with E-state index in [9.17, 15) is 9.59 Å². The lowest BCUT2D eigenvalue weighted by atomic mass is 10.1. The van der Waals surface area contributed by atoms with Crippen LogP contribution in [-0.4, -0.2) is 18.4 Å². The van der Waals surface area contributed by atoms with Crippen LogP contribution in [0.4, 0.5) is 11.4 Å². The van der Waals surface area contributed by atoms with Crippen LogP contribution in [-0.2, 0) is 4.79 Å². The number of carbonyl (C=O) groups is 2. The average molecular weight is 324 g/mol. The number of unbranched alkanes of at least 4 members (excludes halogenated alkanes) is 1. The van der Waals surface area contributed by atoms with Gasteiger partial charge in [-0.2, -0.15) is 0 Å². The molecule has 2 amide bonds. The van der Waals surface area contributed by atoms with Crippen molar-refractivity contribution in [3.8, 4) is 0 Å². The van der Waals surface area contributed by atoms with Crippen LogP contribution in [0.2, 0.25) is 0 Å². The summed E-state index contributed by atoms with van der Waals surface area (Å²) >= 11 is 0. The van der Waals surface area contributed by atoms with Crippen LogP contribution in [0.25, 0.3) is 0 Å². The highest BCUT2D eigenvalue weighted by molar-refractivity contribution is 6.06. The van der Waals surface area contributed by atoms with Crippen LogP contribution < -0.4 is 10.2 Å². The highest BCUT2D eigenvalue weighted by Crippen LogP contribution is 2.19. The number of hydrogen-bond acceptors (Lipinski definition) is 2. The normalized spacial score (nSPS) is 10.2. The zero-order valence-electron chi connectivity index (χ0n) is 14.3. The minimum atomic E-state index is -0.0389. The van der Waals surface area contributed by atoms with Gasteiger partial charge in [0.05, 0.1) is 0 Å². The first-order valence-electron chi connectivity index (χ1n) is 8.42. The summed E-state index contributed by atoms with van der Waals surface area (Å²) in [6.45, 7) is 4.60. The van der Waals surface area contributed by atoms with Gasteiger partial charge in [-0.05, 0) is 42.8 Å². The predicted octanol–water partition coefficient (Wildman–Crippen LogP) is 4.48. The topological polar surface area (TPSA) is 49.4 Å². The molecular formula is C20H24N2O2. The first-order chi connectivity index (χ1) is 11.7. The van der Waals surface area contributed by atoms with Gasteiger partial charge in [0.2, 0.25) is 5.91 Å². The van der Waals surface area contributed by atoms with Gasteiger partial charge in [0.25, 0.3) is 5.91 Å². The minimum Gasteiger partial charge on any atom is -0.326 e. The molecule has 0 saturated carbocycles. The van der Waals surface area contributed by atoms with E-state index < -0.39 is 0 Å². The van der Waals surface area contributed by atoms with Crippen molar-refractivity contribution in [3.05, 3.63) is 60.2 Å². The number of rotatable bonds is 7. The Morgan fingerprint density at radius 2 is 1.62 bits per heavy atom. The summed E-state index contributed by atoms with van der Waals surface area (Å²) in [6.07, 6.45) is 2.41. The van der Waals surface area contributed by atoms with Crippen molar-refractivity contribution in [1.82, 2.24) is 0 Å². The smallest absolute Gasteiger partial charge is 0.258 e. The lowest BCUT2D eigenvalue weighted by Crippen LogP contribution is -2.31. The summed E-state index contributed by atoms with van der Waals surface area (Å²) in [5.74, 6) is -0.0639. The summed E-state index contributed by atoms with van der Waals surface area (Å²) in [4.78, 5) is 26.1. The van der Waals surface area contributed by atoms with Crippen molar-refractivity contribution in [3.63, 3.8) is 0 Å². The van der Waals surface area contributed by atoms with Gasteiger partial charge in [-0.25, -0.2) is 0 Å². The van der Waals surface area contributed by atoms with Crippen LogP contribution in [0.1, 0.15) is 43.5 Å². The Morgan fingerprint density at radius 1 is 0.958 bits per heavy atom. The molecule has 2 aromatic carbocycles. The van der Waals surface area contributed by atoms with Gasteiger partial charge >= 0.3 is 0 Å². The maximum Gasteiger partial charge on any atom is 0.258 e. The van der Waals surface area contributed by atoms with Gasteiger partial charge in [0.15, 0.2) is 0 Å². The van der Waals surface area contributed by atoms with Gasteiger partial charge in [0.1, 0.15) is 0 Å². The van der Waals surface area contributed by atoms with E-state index in [1.54, 1.807) is 31.2 Å². The molecule has 0 aliphatic heterocycles. The van der Waals surface area contributed by atoms with Gasteiger partial charge in [-0.3, -0.25) is 9.59 Å². The first-order valence-corrected chi connectivity index (χ1v) is 8.42. The molecule has 4 heteroatoms. The fraction of sp³-hybridized carbons (Fsp3) is 0.300. The quantitative estimate of drug-likeness (QED) is 0.816. The Bertz CT molecular complexity index is 666. The molecular weight excluding hydrogens is 300 g/mol. The van der Waals surface area contributed by atoms with Crippen molar-refractivity contribution in [2.24, 2.45) is 0 Å². The SMILES string of the molecule is CCCCN(C(=O)c1ccc(NC(=O)CC)cc1)c1ccccc1. The molecule has 4 nitrogen and oxygen atoms in total. The number of amides is 2. The van der Waals surface area contributed by atoms with E-state index in [0.29, 0.717) is 24.2 Å². The molecule has 0 fully saturated rings. The fourth-order valence-electron chi connectivity index (χ4n) is 2.37. The fourth-order valence-corrected chi connectivity index (χ4v) is 2.37. The molecule has 0 bridgehead atoms. The standard InChI is InChI=1S/C20H24N2O2/c1-3-5-15-22(18-9-7-6-8-10-18)20(24)16-11-13-17(14-12-16)21-19(23)4-2/h6-14H,3-5,15H2,1-2H3,(H,21,23). The van der Waals surface area contributed by atoms with Crippen molar-refractivity contribution < 1.29 is 9.59 Å². The molecule has 1 N–H and O–H groups in total. The molecule has 24 heavy (non-hydrogen) atoms.